The van der Waals surface area contributed by atoms with Crippen LogP contribution in [0.2, 0.25) is 0 Å². The van der Waals surface area contributed by atoms with Crippen molar-refractivity contribution in [3.8, 4) is 0 Å². The summed E-state index contributed by atoms with van der Waals surface area (Å²) in [5.74, 6) is 0. The Labute approximate surface area is 119 Å². The molecule has 0 saturated heterocycles. The van der Waals surface area contributed by atoms with Gasteiger partial charge in [-0.1, -0.05) is 0 Å². The second-order valence-electron chi connectivity index (χ2n) is 3.12. The van der Waals surface area contributed by atoms with Crippen LogP contribution in [0, 0.1) is 0 Å². The van der Waals surface area contributed by atoms with Gasteiger partial charge in [0.05, 0.1) is 0 Å². The van der Waals surface area contributed by atoms with Crippen molar-refractivity contribution in [3.05, 3.63) is 0 Å². The zero-order chi connectivity index (χ0) is 11.8. The van der Waals surface area contributed by atoms with Gasteiger partial charge in [0.1, 0.15) is 0 Å². The van der Waals surface area contributed by atoms with Gasteiger partial charge in [-0.3, -0.25) is 0 Å². The van der Waals surface area contributed by atoms with Crippen molar-refractivity contribution in [2.45, 2.75) is 39.9 Å². The number of thiocarbonyl (C=S) groups is 2. The van der Waals surface area contributed by atoms with Crippen LogP contribution < -0.4 is 0 Å². The third-order valence-electron chi connectivity index (χ3n) is 0.914. The quantitative estimate of drug-likeness (QED) is 0.453. The van der Waals surface area contributed by atoms with Gasteiger partial charge in [0.15, 0.2) is 0 Å². The Kier molecular flexibility index (Phi) is 10.3. The summed E-state index contributed by atoms with van der Waals surface area (Å²) >= 11 is 9.17. The molecular weight excluding hydrogens is 464 g/mol. The first-order chi connectivity index (χ1) is 6.91. The minimum atomic E-state index is -0.949. The fourth-order valence-electron chi connectivity index (χ4n) is 0.522. The van der Waals surface area contributed by atoms with Crippen molar-refractivity contribution in [3.63, 3.8) is 0 Å². The van der Waals surface area contributed by atoms with Crippen LogP contribution >= 0.6 is 41.1 Å². The fraction of sp³-hybridized carbons (Fsp3) is 0.750. The van der Waals surface area contributed by atoms with E-state index in [0.717, 1.165) is 0 Å². The summed E-state index contributed by atoms with van der Waals surface area (Å²) in [7, 11) is 3.32. The summed E-state index contributed by atoms with van der Waals surface area (Å²) in [5, 5.41) is 0. The average Bonchev–Trinajstić information content (AvgIpc) is 2.00. The molecule has 0 aromatic heterocycles. The topological polar surface area (TPSA) is 18.5 Å². The number of ether oxygens (including phenoxy) is 2. The second-order valence-corrected chi connectivity index (χ2v) is 16.8. The molecule has 0 saturated carbocycles. The standard InChI is InChI=1S/2C4H8OS2.Pb/c2*1-3(2)5-4(6)7;/h2*3H,1-2H3,(H,6,7);/q;;+2/p-2. The first kappa shape index (κ1) is 16.4. The predicted octanol–water partition coefficient (Wildman–Crippen LogP) is 3.41. The molecule has 7 heteroatoms. The SMILES string of the molecule is CC(C)OC(=S)[S][Pb][S]C(=S)OC(C)C. The maximum atomic E-state index is 5.36. The normalized spacial score (nSPS) is 10.5. The Morgan fingerprint density at radius 1 is 0.933 bits per heavy atom. The molecule has 2 radical (unpaired) electrons. The van der Waals surface area contributed by atoms with Crippen LogP contribution in [0.15, 0.2) is 0 Å². The van der Waals surface area contributed by atoms with Gasteiger partial charge in [-0.15, -0.1) is 0 Å². The molecule has 0 bridgehead atoms. The van der Waals surface area contributed by atoms with Gasteiger partial charge in [-0.2, -0.15) is 0 Å². The third kappa shape index (κ3) is 11.7. The minimum absolute atomic E-state index is 0.164. The van der Waals surface area contributed by atoms with Crippen molar-refractivity contribution in [1.82, 2.24) is 0 Å². The molecule has 0 aliphatic heterocycles. The molecule has 86 valence electrons. The van der Waals surface area contributed by atoms with Crippen molar-refractivity contribution in [1.29, 1.82) is 0 Å². The van der Waals surface area contributed by atoms with Crippen LogP contribution in [0.3, 0.4) is 0 Å². The summed E-state index contributed by atoms with van der Waals surface area (Å²) in [5.41, 5.74) is 0. The van der Waals surface area contributed by atoms with E-state index in [-0.39, 0.29) is 12.2 Å². The Morgan fingerprint density at radius 3 is 1.53 bits per heavy atom. The van der Waals surface area contributed by atoms with Crippen molar-refractivity contribution in [2.75, 3.05) is 0 Å². The monoisotopic (exact) mass is 478 g/mol. The molecule has 0 N–H and O–H groups in total. The summed E-state index contributed by atoms with van der Waals surface area (Å²) < 4.78 is 12.0. The van der Waals surface area contributed by atoms with Gasteiger partial charge in [0, 0.05) is 0 Å². The first-order valence-electron chi connectivity index (χ1n) is 4.41. The second kappa shape index (κ2) is 9.43. The third-order valence-corrected chi connectivity index (χ3v) is 16.4. The van der Waals surface area contributed by atoms with Crippen LogP contribution in [0.5, 0.6) is 0 Å². The van der Waals surface area contributed by atoms with Gasteiger partial charge in [-0.05, 0) is 0 Å². The molecule has 0 heterocycles. The van der Waals surface area contributed by atoms with Crippen molar-refractivity contribution >= 4 is 71.1 Å². The van der Waals surface area contributed by atoms with E-state index in [1.54, 1.807) is 16.6 Å². The van der Waals surface area contributed by atoms with Crippen molar-refractivity contribution < 1.29 is 9.47 Å². The van der Waals surface area contributed by atoms with Gasteiger partial charge >= 0.3 is 120 Å². The van der Waals surface area contributed by atoms with Crippen LogP contribution in [0.4, 0.5) is 0 Å². The zero-order valence-electron chi connectivity index (χ0n) is 9.10. The molecule has 0 amide bonds. The Hall–Kier alpha value is 1.40. The van der Waals surface area contributed by atoms with E-state index in [1.165, 1.54) is 0 Å². The van der Waals surface area contributed by atoms with E-state index in [1.807, 2.05) is 27.7 Å². The molecule has 2 nitrogen and oxygen atoms in total. The summed E-state index contributed by atoms with van der Waals surface area (Å²) in [6, 6.07) is 0. The van der Waals surface area contributed by atoms with Crippen molar-refractivity contribution in [2.24, 2.45) is 0 Å². The molecule has 0 aromatic rings. The first-order valence-corrected chi connectivity index (χ1v) is 16.4. The molecule has 0 aliphatic rings. The molecule has 0 atom stereocenters. The van der Waals surface area contributed by atoms with Crippen LogP contribution in [0.25, 0.3) is 0 Å². The summed E-state index contributed by atoms with van der Waals surface area (Å²) in [6.07, 6.45) is 0.329. The zero-order valence-corrected chi connectivity index (χ0v) is 16.3. The number of hydrogen-bond acceptors (Lipinski definition) is 6. The summed E-state index contributed by atoms with van der Waals surface area (Å²) in [6.45, 7) is 7.89. The number of rotatable bonds is 4. The summed E-state index contributed by atoms with van der Waals surface area (Å²) in [4.78, 5) is 0. The Balaban J connectivity index is 3.53. The molecule has 0 unspecified atom stereocenters. The Morgan fingerprint density at radius 2 is 1.27 bits per heavy atom. The van der Waals surface area contributed by atoms with Gasteiger partial charge in [0.2, 0.25) is 0 Å². The number of hydrogen-bond donors (Lipinski definition) is 0. The van der Waals surface area contributed by atoms with E-state index in [4.69, 9.17) is 33.9 Å². The Bertz CT molecular complexity index is 199. The molecular formula is C8H14O2PbS4. The van der Waals surface area contributed by atoms with Crippen LogP contribution in [0.1, 0.15) is 27.7 Å². The molecule has 15 heavy (non-hydrogen) atoms. The van der Waals surface area contributed by atoms with E-state index in [0.29, 0.717) is 8.77 Å². The van der Waals surface area contributed by atoms with Gasteiger partial charge in [0.25, 0.3) is 0 Å². The van der Waals surface area contributed by atoms with E-state index in [9.17, 15) is 0 Å². The van der Waals surface area contributed by atoms with E-state index < -0.39 is 21.2 Å². The van der Waals surface area contributed by atoms with Gasteiger partial charge < -0.3 is 0 Å². The maximum absolute atomic E-state index is 5.36. The van der Waals surface area contributed by atoms with Crippen LogP contribution in [-0.4, -0.2) is 42.2 Å². The molecule has 0 aliphatic carbocycles. The molecule has 0 aromatic carbocycles. The van der Waals surface area contributed by atoms with E-state index >= 15 is 0 Å². The predicted molar refractivity (Wildman–Crippen MR) is 78.6 cm³/mol. The van der Waals surface area contributed by atoms with E-state index in [2.05, 4.69) is 0 Å². The van der Waals surface area contributed by atoms with Gasteiger partial charge in [-0.25, -0.2) is 0 Å². The molecule has 0 fully saturated rings. The fourth-order valence-corrected chi connectivity index (χ4v) is 14.8. The average molecular weight is 478 g/mol. The van der Waals surface area contributed by atoms with Crippen LogP contribution in [-0.2, 0) is 9.47 Å². The molecule has 0 spiro atoms. The molecule has 0 rings (SSSR count).